The minimum Gasteiger partial charge on any atom is -0.379 e. The van der Waals surface area contributed by atoms with Crippen LogP contribution in [0.4, 0.5) is 23.3 Å². The summed E-state index contributed by atoms with van der Waals surface area (Å²) in [5.41, 5.74) is 3.08. The molecule has 5 rings (SSSR count). The Hall–Kier alpha value is -4.12. The summed E-state index contributed by atoms with van der Waals surface area (Å²) < 4.78 is 10.8. The SMILES string of the molecule is Cc1ccc(C(=O)Nc2cc(C(C)(C)C)on2)cc1Nc1ncnc2cnc(NC3CCOC3)nc12. The highest BCUT2D eigenvalue weighted by Crippen LogP contribution is 2.27. The lowest BCUT2D eigenvalue weighted by Crippen LogP contribution is -2.20. The second kappa shape index (κ2) is 9.50. The minimum atomic E-state index is -0.299. The lowest BCUT2D eigenvalue weighted by molar-refractivity contribution is 0.102. The number of hydrogen-bond acceptors (Lipinski definition) is 10. The fourth-order valence-corrected chi connectivity index (χ4v) is 3.75. The predicted octanol–water partition coefficient (Wildman–Crippen LogP) is 4.21. The highest BCUT2D eigenvalue weighted by molar-refractivity contribution is 6.04. The number of aromatic nitrogens is 5. The summed E-state index contributed by atoms with van der Waals surface area (Å²) in [6.45, 7) is 9.34. The lowest BCUT2D eigenvalue weighted by Gasteiger charge is -2.13. The van der Waals surface area contributed by atoms with E-state index in [4.69, 9.17) is 9.26 Å². The number of rotatable bonds is 6. The molecule has 1 aliphatic rings. The molecule has 4 heterocycles. The van der Waals surface area contributed by atoms with Crippen molar-refractivity contribution in [1.29, 1.82) is 0 Å². The maximum atomic E-state index is 12.9. The van der Waals surface area contributed by atoms with Gasteiger partial charge in [-0.05, 0) is 31.0 Å². The molecule has 1 atom stereocenters. The van der Waals surface area contributed by atoms with Gasteiger partial charge in [0.05, 0.1) is 18.8 Å². The molecule has 1 amide bonds. The molecule has 186 valence electrons. The topological polar surface area (TPSA) is 140 Å². The van der Waals surface area contributed by atoms with Gasteiger partial charge in [-0.3, -0.25) is 4.79 Å². The first-order valence-corrected chi connectivity index (χ1v) is 11.7. The number of hydrogen-bond donors (Lipinski definition) is 3. The standard InChI is InChI=1S/C25H28N8O3/c1-14-5-6-15(23(34)31-20-10-19(36-33-20)25(2,3)4)9-17(14)30-22-21-18(27-13-28-22)11-26-24(32-21)29-16-7-8-35-12-16/h5-6,9-11,13,16H,7-8,12H2,1-4H3,(H,26,29,32)(H,27,28,30)(H,31,33,34). The zero-order valence-electron chi connectivity index (χ0n) is 20.6. The van der Waals surface area contributed by atoms with Crippen LogP contribution in [0.25, 0.3) is 11.0 Å². The molecular formula is C25H28N8O3. The normalized spacial score (nSPS) is 15.7. The molecule has 11 nitrogen and oxygen atoms in total. The molecule has 1 fully saturated rings. The molecule has 4 aromatic rings. The summed E-state index contributed by atoms with van der Waals surface area (Å²) in [6.07, 6.45) is 4.01. The Kier molecular flexibility index (Phi) is 6.23. The van der Waals surface area contributed by atoms with Crippen molar-refractivity contribution in [3.05, 3.63) is 53.7 Å². The van der Waals surface area contributed by atoms with Gasteiger partial charge < -0.3 is 25.2 Å². The van der Waals surface area contributed by atoms with Gasteiger partial charge in [0.25, 0.3) is 5.91 Å². The van der Waals surface area contributed by atoms with E-state index in [1.54, 1.807) is 24.4 Å². The summed E-state index contributed by atoms with van der Waals surface area (Å²) in [5, 5.41) is 13.4. The number of aryl methyl sites for hydroxylation is 1. The number of carbonyl (C=O) groups is 1. The second-order valence-electron chi connectivity index (χ2n) is 9.79. The van der Waals surface area contributed by atoms with Gasteiger partial charge in [0, 0.05) is 29.3 Å². The quantitative estimate of drug-likeness (QED) is 0.361. The van der Waals surface area contributed by atoms with E-state index in [0.29, 0.717) is 46.5 Å². The summed E-state index contributed by atoms with van der Waals surface area (Å²) in [5.74, 6) is 1.76. The monoisotopic (exact) mass is 488 g/mol. The lowest BCUT2D eigenvalue weighted by atomic mass is 9.93. The Bertz CT molecular complexity index is 1410. The number of anilines is 4. The fraction of sp³-hybridized carbons (Fsp3) is 0.360. The van der Waals surface area contributed by atoms with E-state index >= 15 is 0 Å². The molecule has 1 aromatic carbocycles. The predicted molar refractivity (Wildman–Crippen MR) is 136 cm³/mol. The number of amides is 1. The Labute approximate surface area is 208 Å². The van der Waals surface area contributed by atoms with Gasteiger partial charge in [0.2, 0.25) is 5.95 Å². The van der Waals surface area contributed by atoms with Gasteiger partial charge in [0.15, 0.2) is 11.6 Å². The molecule has 36 heavy (non-hydrogen) atoms. The van der Waals surface area contributed by atoms with Gasteiger partial charge >= 0.3 is 0 Å². The molecule has 0 spiro atoms. The van der Waals surface area contributed by atoms with Crippen LogP contribution in [0.1, 0.15) is 48.9 Å². The number of benzene rings is 1. The van der Waals surface area contributed by atoms with Gasteiger partial charge in [-0.15, -0.1) is 0 Å². The zero-order chi connectivity index (χ0) is 25.3. The van der Waals surface area contributed by atoms with E-state index in [0.717, 1.165) is 24.3 Å². The van der Waals surface area contributed by atoms with Crippen molar-refractivity contribution in [3.63, 3.8) is 0 Å². The van der Waals surface area contributed by atoms with Crippen LogP contribution in [0.2, 0.25) is 0 Å². The van der Waals surface area contributed by atoms with Crippen LogP contribution in [-0.4, -0.2) is 50.3 Å². The molecule has 0 saturated carbocycles. The van der Waals surface area contributed by atoms with Crippen LogP contribution in [0, 0.1) is 6.92 Å². The second-order valence-corrected chi connectivity index (χ2v) is 9.79. The maximum absolute atomic E-state index is 12.9. The van der Waals surface area contributed by atoms with Crippen molar-refractivity contribution in [1.82, 2.24) is 25.1 Å². The first-order chi connectivity index (χ1) is 17.3. The molecule has 3 N–H and O–H groups in total. The number of carbonyl (C=O) groups excluding carboxylic acids is 1. The van der Waals surface area contributed by atoms with Crippen LogP contribution in [0.5, 0.6) is 0 Å². The van der Waals surface area contributed by atoms with Crippen LogP contribution < -0.4 is 16.0 Å². The van der Waals surface area contributed by atoms with Crippen LogP contribution in [0.15, 0.2) is 41.3 Å². The molecule has 3 aromatic heterocycles. The molecule has 1 aliphatic heterocycles. The van der Waals surface area contributed by atoms with E-state index in [9.17, 15) is 4.79 Å². The third kappa shape index (κ3) is 5.10. The molecule has 0 aliphatic carbocycles. The summed E-state index contributed by atoms with van der Waals surface area (Å²) in [6, 6.07) is 7.30. The Morgan fingerprint density at radius 2 is 2.00 bits per heavy atom. The van der Waals surface area contributed by atoms with Crippen molar-refractivity contribution in [2.75, 3.05) is 29.2 Å². The van der Waals surface area contributed by atoms with E-state index in [2.05, 4.69) is 41.0 Å². The van der Waals surface area contributed by atoms with E-state index < -0.39 is 0 Å². The smallest absolute Gasteiger partial charge is 0.256 e. The molecule has 0 bridgehead atoms. The average Bonchev–Trinajstić information content (AvgIpc) is 3.53. The number of nitrogens with zero attached hydrogens (tertiary/aromatic N) is 5. The number of fused-ring (bicyclic) bond motifs is 1. The van der Waals surface area contributed by atoms with Crippen LogP contribution >= 0.6 is 0 Å². The fourth-order valence-electron chi connectivity index (χ4n) is 3.75. The van der Waals surface area contributed by atoms with Crippen molar-refractivity contribution < 1.29 is 14.1 Å². The Morgan fingerprint density at radius 1 is 1.14 bits per heavy atom. The third-order valence-electron chi connectivity index (χ3n) is 5.88. The van der Waals surface area contributed by atoms with Gasteiger partial charge in [-0.1, -0.05) is 32.0 Å². The van der Waals surface area contributed by atoms with Crippen molar-refractivity contribution in [2.45, 2.75) is 45.6 Å². The van der Waals surface area contributed by atoms with Crippen molar-refractivity contribution >= 4 is 40.2 Å². The molecule has 1 unspecified atom stereocenters. The van der Waals surface area contributed by atoms with Crippen LogP contribution in [0.3, 0.4) is 0 Å². The highest BCUT2D eigenvalue weighted by atomic mass is 16.5. The van der Waals surface area contributed by atoms with Crippen LogP contribution in [-0.2, 0) is 10.2 Å². The third-order valence-corrected chi connectivity index (χ3v) is 5.88. The molecular weight excluding hydrogens is 460 g/mol. The van der Waals surface area contributed by atoms with E-state index in [-0.39, 0.29) is 17.4 Å². The first kappa shape index (κ1) is 23.6. The first-order valence-electron chi connectivity index (χ1n) is 11.7. The summed E-state index contributed by atoms with van der Waals surface area (Å²) in [7, 11) is 0. The van der Waals surface area contributed by atoms with Crippen molar-refractivity contribution in [3.8, 4) is 0 Å². The maximum Gasteiger partial charge on any atom is 0.256 e. The average molecular weight is 489 g/mol. The van der Waals surface area contributed by atoms with Gasteiger partial charge in [-0.25, -0.2) is 19.9 Å². The number of nitrogens with one attached hydrogen (secondary N) is 3. The molecule has 0 radical (unpaired) electrons. The minimum absolute atomic E-state index is 0.171. The largest absolute Gasteiger partial charge is 0.379 e. The van der Waals surface area contributed by atoms with E-state index in [1.807, 2.05) is 33.8 Å². The zero-order valence-corrected chi connectivity index (χ0v) is 20.6. The Balaban J connectivity index is 1.38. The Morgan fingerprint density at radius 3 is 2.75 bits per heavy atom. The van der Waals surface area contributed by atoms with Crippen molar-refractivity contribution in [2.24, 2.45) is 0 Å². The molecule has 11 heteroatoms. The van der Waals surface area contributed by atoms with Gasteiger partial charge in [0.1, 0.15) is 23.1 Å². The highest BCUT2D eigenvalue weighted by Gasteiger charge is 2.21. The number of ether oxygens (including phenoxy) is 1. The van der Waals surface area contributed by atoms with Gasteiger partial charge in [-0.2, -0.15) is 0 Å². The van der Waals surface area contributed by atoms with E-state index in [1.165, 1.54) is 6.33 Å². The summed E-state index contributed by atoms with van der Waals surface area (Å²) in [4.78, 5) is 30.6. The molecule has 1 saturated heterocycles. The summed E-state index contributed by atoms with van der Waals surface area (Å²) >= 11 is 0.